The van der Waals surface area contributed by atoms with Crippen molar-refractivity contribution in [1.29, 1.82) is 0 Å². The number of nitrogens with zero attached hydrogens (tertiary/aromatic N) is 5. The minimum atomic E-state index is 0.0301. The van der Waals surface area contributed by atoms with Crippen LogP contribution in [0, 0.1) is 5.92 Å². The van der Waals surface area contributed by atoms with E-state index < -0.39 is 0 Å². The monoisotopic (exact) mass is 349 g/mol. The molecule has 1 atom stereocenters. The summed E-state index contributed by atoms with van der Waals surface area (Å²) in [5.74, 6) is 2.70. The number of thioether (sulfide) groups is 1. The van der Waals surface area contributed by atoms with Crippen molar-refractivity contribution in [3.8, 4) is 10.7 Å². The molecule has 1 unspecified atom stereocenters. The van der Waals surface area contributed by atoms with Crippen LogP contribution < -0.4 is 0 Å². The Morgan fingerprint density at radius 3 is 2.74 bits per heavy atom. The molecule has 0 fully saturated rings. The van der Waals surface area contributed by atoms with Gasteiger partial charge in [-0.1, -0.05) is 31.7 Å². The molecule has 0 saturated heterocycles. The van der Waals surface area contributed by atoms with Gasteiger partial charge in [0.15, 0.2) is 11.0 Å². The standard InChI is InChI=1S/C15H19N5OS2/c1-9(2)8-12-16-18-14(21-12)10(3)23-15-19-17-13(20(15)4)11-6-5-7-22-11/h5-7,9-10H,8H2,1-4H3. The summed E-state index contributed by atoms with van der Waals surface area (Å²) in [6, 6.07) is 4.06. The van der Waals surface area contributed by atoms with Gasteiger partial charge in [-0.25, -0.2) is 0 Å². The Balaban J connectivity index is 1.73. The van der Waals surface area contributed by atoms with Gasteiger partial charge in [-0.3, -0.25) is 0 Å². The van der Waals surface area contributed by atoms with Crippen LogP contribution in [0.3, 0.4) is 0 Å². The van der Waals surface area contributed by atoms with Gasteiger partial charge >= 0.3 is 0 Å². The molecule has 8 heteroatoms. The van der Waals surface area contributed by atoms with Crippen molar-refractivity contribution in [2.75, 3.05) is 0 Å². The fraction of sp³-hybridized carbons (Fsp3) is 0.467. The zero-order valence-corrected chi connectivity index (χ0v) is 15.2. The van der Waals surface area contributed by atoms with Crippen LogP contribution in [0.2, 0.25) is 0 Å². The second-order valence-electron chi connectivity index (χ2n) is 5.73. The van der Waals surface area contributed by atoms with Crippen molar-refractivity contribution in [2.24, 2.45) is 13.0 Å². The molecule has 0 amide bonds. The average Bonchev–Trinajstić information content (AvgIpc) is 3.21. The van der Waals surface area contributed by atoms with Crippen LogP contribution in [0.15, 0.2) is 27.1 Å². The molecule has 23 heavy (non-hydrogen) atoms. The van der Waals surface area contributed by atoms with Gasteiger partial charge in [-0.15, -0.1) is 31.7 Å². The first-order valence-electron chi connectivity index (χ1n) is 7.46. The van der Waals surface area contributed by atoms with Gasteiger partial charge in [-0.2, -0.15) is 0 Å². The van der Waals surface area contributed by atoms with E-state index in [1.165, 1.54) is 0 Å². The van der Waals surface area contributed by atoms with E-state index >= 15 is 0 Å². The lowest BCUT2D eigenvalue weighted by molar-refractivity contribution is 0.426. The fourth-order valence-corrected chi connectivity index (χ4v) is 3.70. The van der Waals surface area contributed by atoms with Crippen LogP contribution >= 0.6 is 23.1 Å². The quantitative estimate of drug-likeness (QED) is 0.627. The van der Waals surface area contributed by atoms with Crippen LogP contribution in [0.25, 0.3) is 10.7 Å². The van der Waals surface area contributed by atoms with Gasteiger partial charge in [0.2, 0.25) is 11.8 Å². The van der Waals surface area contributed by atoms with Crippen LogP contribution in [0.5, 0.6) is 0 Å². The lowest BCUT2D eigenvalue weighted by atomic mass is 10.1. The first kappa shape index (κ1) is 16.2. The van der Waals surface area contributed by atoms with Crippen LogP contribution in [-0.2, 0) is 13.5 Å². The van der Waals surface area contributed by atoms with Crippen molar-refractivity contribution < 1.29 is 4.42 Å². The van der Waals surface area contributed by atoms with Gasteiger partial charge < -0.3 is 8.98 Å². The number of rotatable bonds is 6. The highest BCUT2D eigenvalue weighted by molar-refractivity contribution is 7.99. The number of hydrogen-bond acceptors (Lipinski definition) is 7. The minimum absolute atomic E-state index is 0.0301. The molecule has 0 N–H and O–H groups in total. The summed E-state index contributed by atoms with van der Waals surface area (Å²) in [6.45, 7) is 6.30. The molecule has 122 valence electrons. The molecule has 0 bridgehead atoms. The van der Waals surface area contributed by atoms with Crippen LogP contribution in [0.1, 0.15) is 37.8 Å². The van der Waals surface area contributed by atoms with E-state index in [1.807, 2.05) is 36.1 Å². The normalized spacial score (nSPS) is 12.9. The molecule has 0 radical (unpaired) electrons. The van der Waals surface area contributed by atoms with Gasteiger partial charge in [-0.05, 0) is 24.3 Å². The molecule has 6 nitrogen and oxygen atoms in total. The first-order chi connectivity index (χ1) is 11.0. The van der Waals surface area contributed by atoms with E-state index in [-0.39, 0.29) is 5.25 Å². The molecule has 0 saturated carbocycles. The van der Waals surface area contributed by atoms with Crippen molar-refractivity contribution in [1.82, 2.24) is 25.0 Å². The molecule has 0 spiro atoms. The fourth-order valence-electron chi connectivity index (χ4n) is 2.11. The van der Waals surface area contributed by atoms with E-state index in [9.17, 15) is 0 Å². The van der Waals surface area contributed by atoms with E-state index in [2.05, 4.69) is 34.2 Å². The Kier molecular flexibility index (Phi) is 4.82. The Morgan fingerprint density at radius 1 is 1.22 bits per heavy atom. The summed E-state index contributed by atoms with van der Waals surface area (Å²) >= 11 is 3.23. The summed E-state index contributed by atoms with van der Waals surface area (Å²) in [5.41, 5.74) is 0. The Morgan fingerprint density at radius 2 is 2.04 bits per heavy atom. The highest BCUT2D eigenvalue weighted by atomic mass is 32.2. The largest absolute Gasteiger partial charge is 0.424 e. The maximum Gasteiger partial charge on any atom is 0.229 e. The predicted octanol–water partition coefficient (Wildman–Crippen LogP) is 3.98. The highest BCUT2D eigenvalue weighted by Gasteiger charge is 2.20. The van der Waals surface area contributed by atoms with Crippen LogP contribution in [-0.4, -0.2) is 25.0 Å². The molecular formula is C15H19N5OS2. The summed E-state index contributed by atoms with van der Waals surface area (Å²) in [4.78, 5) is 1.11. The molecular weight excluding hydrogens is 330 g/mol. The molecule has 3 aromatic rings. The smallest absolute Gasteiger partial charge is 0.229 e. The average molecular weight is 349 g/mol. The highest BCUT2D eigenvalue weighted by Crippen LogP contribution is 2.34. The molecule has 0 aliphatic rings. The number of aromatic nitrogens is 5. The molecule has 3 rings (SSSR count). The van der Waals surface area contributed by atoms with Gasteiger partial charge in [0.05, 0.1) is 10.1 Å². The Labute approximate surface area is 143 Å². The van der Waals surface area contributed by atoms with Crippen LogP contribution in [0.4, 0.5) is 0 Å². The lowest BCUT2D eigenvalue weighted by Gasteiger charge is -2.06. The summed E-state index contributed by atoms with van der Waals surface area (Å²) in [5, 5.41) is 19.7. The third kappa shape index (κ3) is 3.64. The van der Waals surface area contributed by atoms with E-state index in [4.69, 9.17) is 4.42 Å². The van der Waals surface area contributed by atoms with Crippen molar-refractivity contribution in [3.05, 3.63) is 29.3 Å². The number of hydrogen-bond donors (Lipinski definition) is 0. The van der Waals surface area contributed by atoms with Crippen molar-refractivity contribution >= 4 is 23.1 Å². The zero-order valence-electron chi connectivity index (χ0n) is 13.6. The molecule has 3 heterocycles. The molecule has 0 aliphatic carbocycles. The molecule has 0 aliphatic heterocycles. The summed E-state index contributed by atoms with van der Waals surface area (Å²) in [6.07, 6.45) is 0.802. The maximum atomic E-state index is 5.75. The second kappa shape index (κ2) is 6.84. The Hall–Kier alpha value is -1.67. The maximum absolute atomic E-state index is 5.75. The van der Waals surface area contributed by atoms with Crippen molar-refractivity contribution in [2.45, 2.75) is 37.6 Å². The summed E-state index contributed by atoms with van der Waals surface area (Å²) in [7, 11) is 1.97. The second-order valence-corrected chi connectivity index (χ2v) is 7.99. The summed E-state index contributed by atoms with van der Waals surface area (Å²) < 4.78 is 7.75. The lowest BCUT2D eigenvalue weighted by Crippen LogP contribution is -1.96. The van der Waals surface area contributed by atoms with Gasteiger partial charge in [0, 0.05) is 13.5 Å². The van der Waals surface area contributed by atoms with Gasteiger partial charge in [0.1, 0.15) is 0 Å². The van der Waals surface area contributed by atoms with E-state index in [0.717, 1.165) is 22.3 Å². The van der Waals surface area contributed by atoms with E-state index in [0.29, 0.717) is 17.7 Å². The zero-order chi connectivity index (χ0) is 16.4. The molecule has 0 aromatic carbocycles. The van der Waals surface area contributed by atoms with Gasteiger partial charge in [0.25, 0.3) is 0 Å². The van der Waals surface area contributed by atoms with E-state index in [1.54, 1.807) is 23.1 Å². The SMILES string of the molecule is CC(C)Cc1nnc(C(C)Sc2nnc(-c3cccs3)n2C)o1. The predicted molar refractivity (Wildman–Crippen MR) is 91.4 cm³/mol. The third-order valence-corrected chi connectivity index (χ3v) is 5.26. The minimum Gasteiger partial charge on any atom is -0.424 e. The van der Waals surface area contributed by atoms with Crippen molar-refractivity contribution in [3.63, 3.8) is 0 Å². The first-order valence-corrected chi connectivity index (χ1v) is 9.22. The number of thiophene rings is 1. The topological polar surface area (TPSA) is 69.6 Å². The third-order valence-electron chi connectivity index (χ3n) is 3.27. The molecule has 3 aromatic heterocycles. The Bertz CT molecular complexity index is 763.